The van der Waals surface area contributed by atoms with Crippen LogP contribution in [0.25, 0.3) is 0 Å². The molecule has 0 aliphatic carbocycles. The van der Waals surface area contributed by atoms with Crippen molar-refractivity contribution in [1.29, 1.82) is 0 Å². The molecule has 1 atom stereocenters. The van der Waals surface area contributed by atoms with E-state index in [9.17, 15) is 22.4 Å². The third kappa shape index (κ3) is 6.81. The molecule has 7 heteroatoms. The van der Waals surface area contributed by atoms with Gasteiger partial charge in [-0.3, -0.25) is 4.79 Å². The second-order valence-electron chi connectivity index (χ2n) is 8.19. The third-order valence-corrected chi connectivity index (χ3v) is 5.05. The van der Waals surface area contributed by atoms with Gasteiger partial charge in [0.1, 0.15) is 18.2 Å². The van der Waals surface area contributed by atoms with E-state index in [-0.39, 0.29) is 24.5 Å². The molecule has 174 valence electrons. The molecule has 3 nitrogen and oxygen atoms in total. The summed E-state index contributed by atoms with van der Waals surface area (Å²) >= 11 is 0. The lowest BCUT2D eigenvalue weighted by Gasteiger charge is -2.23. The Balaban J connectivity index is 1.80. The molecular formula is C26H25F4NO2. The lowest BCUT2D eigenvalue weighted by molar-refractivity contribution is -0.137. The standard InChI is InChI=1S/C26H25F4NO2/c1-17(2)13-24(22-15-20(26(28,29)30)11-12-23(22)27)31-25(32)19-8-6-7-18(14-19)16-33-21-9-4-3-5-10-21/h3-12,14-15,17,24H,13,16H2,1-2H3,(H,31,32). The molecule has 0 saturated carbocycles. The van der Waals surface area contributed by atoms with Gasteiger partial charge in [0.15, 0.2) is 0 Å². The maximum atomic E-state index is 14.5. The van der Waals surface area contributed by atoms with Crippen molar-refractivity contribution in [2.75, 3.05) is 0 Å². The molecule has 0 aromatic heterocycles. The van der Waals surface area contributed by atoms with Gasteiger partial charge in [-0.2, -0.15) is 13.2 Å². The smallest absolute Gasteiger partial charge is 0.416 e. The summed E-state index contributed by atoms with van der Waals surface area (Å²) in [5.41, 5.74) is -0.0835. The van der Waals surface area contributed by atoms with Gasteiger partial charge >= 0.3 is 6.18 Å². The molecule has 0 heterocycles. The van der Waals surface area contributed by atoms with Gasteiger partial charge in [-0.05, 0) is 60.4 Å². The van der Waals surface area contributed by atoms with Crippen LogP contribution in [-0.2, 0) is 12.8 Å². The van der Waals surface area contributed by atoms with Crippen LogP contribution in [0.15, 0.2) is 72.8 Å². The number of rotatable bonds is 8. The van der Waals surface area contributed by atoms with Crippen LogP contribution in [0.3, 0.4) is 0 Å². The minimum absolute atomic E-state index is 0.00912. The first-order chi connectivity index (χ1) is 15.6. The molecule has 3 aromatic rings. The van der Waals surface area contributed by atoms with E-state index in [0.29, 0.717) is 17.4 Å². The maximum absolute atomic E-state index is 14.5. The van der Waals surface area contributed by atoms with Crippen molar-refractivity contribution in [2.24, 2.45) is 5.92 Å². The van der Waals surface area contributed by atoms with Gasteiger partial charge in [-0.15, -0.1) is 0 Å². The van der Waals surface area contributed by atoms with E-state index < -0.39 is 29.5 Å². The number of ether oxygens (including phenoxy) is 1. The number of amides is 1. The molecule has 3 aromatic carbocycles. The molecule has 0 spiro atoms. The normalized spacial score (nSPS) is 12.5. The number of para-hydroxylation sites is 1. The summed E-state index contributed by atoms with van der Waals surface area (Å²) in [5, 5.41) is 2.71. The molecule has 0 aliphatic rings. The van der Waals surface area contributed by atoms with Crippen molar-refractivity contribution in [2.45, 2.75) is 39.1 Å². The summed E-state index contributed by atoms with van der Waals surface area (Å²) in [6, 6.07) is 17.3. The molecular weight excluding hydrogens is 434 g/mol. The summed E-state index contributed by atoms with van der Waals surface area (Å²) in [7, 11) is 0. The molecule has 0 saturated heterocycles. The van der Waals surface area contributed by atoms with Crippen LogP contribution >= 0.6 is 0 Å². The van der Waals surface area contributed by atoms with E-state index in [1.54, 1.807) is 24.3 Å². The number of carbonyl (C=O) groups excluding carboxylic acids is 1. The molecule has 1 amide bonds. The van der Waals surface area contributed by atoms with Crippen LogP contribution < -0.4 is 10.1 Å². The lowest BCUT2D eigenvalue weighted by atomic mass is 9.94. The van der Waals surface area contributed by atoms with Crippen LogP contribution in [0.5, 0.6) is 5.75 Å². The Morgan fingerprint density at radius 3 is 2.36 bits per heavy atom. The van der Waals surface area contributed by atoms with E-state index in [1.807, 2.05) is 44.2 Å². The number of hydrogen-bond acceptors (Lipinski definition) is 2. The first-order valence-electron chi connectivity index (χ1n) is 10.6. The van der Waals surface area contributed by atoms with Gasteiger partial charge in [0.2, 0.25) is 0 Å². The average molecular weight is 459 g/mol. The summed E-state index contributed by atoms with van der Waals surface area (Å²) in [6.45, 7) is 3.95. The van der Waals surface area contributed by atoms with Crippen LogP contribution in [0.4, 0.5) is 17.6 Å². The molecule has 0 bridgehead atoms. The van der Waals surface area contributed by atoms with E-state index in [1.165, 1.54) is 0 Å². The Bertz CT molecular complexity index is 1080. The Morgan fingerprint density at radius 1 is 0.970 bits per heavy atom. The fourth-order valence-electron chi connectivity index (χ4n) is 3.45. The van der Waals surface area contributed by atoms with Gasteiger partial charge in [0.05, 0.1) is 11.6 Å². The molecule has 1 N–H and O–H groups in total. The number of benzene rings is 3. The van der Waals surface area contributed by atoms with Crippen LogP contribution in [0, 0.1) is 11.7 Å². The Labute approximate surface area is 190 Å². The second-order valence-corrected chi connectivity index (χ2v) is 8.19. The highest BCUT2D eigenvalue weighted by Crippen LogP contribution is 2.33. The maximum Gasteiger partial charge on any atom is 0.416 e. The fourth-order valence-corrected chi connectivity index (χ4v) is 3.45. The molecule has 0 aliphatic heterocycles. The zero-order valence-corrected chi connectivity index (χ0v) is 18.3. The number of halogens is 4. The van der Waals surface area contributed by atoms with Gasteiger partial charge in [-0.25, -0.2) is 4.39 Å². The monoisotopic (exact) mass is 459 g/mol. The second kappa shape index (κ2) is 10.5. The van der Waals surface area contributed by atoms with Crippen LogP contribution in [0.2, 0.25) is 0 Å². The van der Waals surface area contributed by atoms with E-state index in [4.69, 9.17) is 4.74 Å². The molecule has 0 fully saturated rings. The topological polar surface area (TPSA) is 38.3 Å². The Morgan fingerprint density at radius 2 is 1.70 bits per heavy atom. The molecule has 0 radical (unpaired) electrons. The first-order valence-corrected chi connectivity index (χ1v) is 10.6. The largest absolute Gasteiger partial charge is 0.489 e. The number of alkyl halides is 3. The average Bonchev–Trinajstić information content (AvgIpc) is 2.77. The Hall–Kier alpha value is -3.35. The van der Waals surface area contributed by atoms with Crippen LogP contribution in [-0.4, -0.2) is 5.91 Å². The highest BCUT2D eigenvalue weighted by molar-refractivity contribution is 5.94. The van der Waals surface area contributed by atoms with E-state index in [0.717, 1.165) is 17.7 Å². The Kier molecular flexibility index (Phi) is 7.74. The predicted octanol–water partition coefficient (Wildman–Crippen LogP) is 6.94. The van der Waals surface area contributed by atoms with Gasteiger partial charge in [0, 0.05) is 11.1 Å². The third-order valence-electron chi connectivity index (χ3n) is 5.05. The molecule has 3 rings (SSSR count). The van der Waals surface area contributed by atoms with Crippen molar-refractivity contribution in [3.05, 3.63) is 101 Å². The highest BCUT2D eigenvalue weighted by atomic mass is 19.4. The molecule has 1 unspecified atom stereocenters. The zero-order valence-electron chi connectivity index (χ0n) is 18.3. The number of carbonyl (C=O) groups is 1. The van der Waals surface area contributed by atoms with Gasteiger partial charge in [0.25, 0.3) is 5.91 Å². The minimum atomic E-state index is -4.61. The highest BCUT2D eigenvalue weighted by Gasteiger charge is 2.32. The predicted molar refractivity (Wildman–Crippen MR) is 118 cm³/mol. The van der Waals surface area contributed by atoms with Gasteiger partial charge < -0.3 is 10.1 Å². The van der Waals surface area contributed by atoms with E-state index in [2.05, 4.69) is 5.32 Å². The van der Waals surface area contributed by atoms with Crippen molar-refractivity contribution in [3.63, 3.8) is 0 Å². The molecule has 33 heavy (non-hydrogen) atoms. The summed E-state index contributed by atoms with van der Waals surface area (Å²) in [4.78, 5) is 12.9. The van der Waals surface area contributed by atoms with Crippen molar-refractivity contribution < 1.29 is 27.1 Å². The summed E-state index contributed by atoms with van der Waals surface area (Å²) in [6.07, 6.45) is -4.33. The number of nitrogens with one attached hydrogen (secondary N) is 1. The van der Waals surface area contributed by atoms with Crippen molar-refractivity contribution >= 4 is 5.91 Å². The van der Waals surface area contributed by atoms with E-state index >= 15 is 0 Å². The van der Waals surface area contributed by atoms with Crippen LogP contribution in [0.1, 0.15) is 53.4 Å². The summed E-state index contributed by atoms with van der Waals surface area (Å²) in [5.74, 6) is -0.600. The lowest BCUT2D eigenvalue weighted by Crippen LogP contribution is -2.30. The summed E-state index contributed by atoms with van der Waals surface area (Å²) < 4.78 is 59.7. The minimum Gasteiger partial charge on any atom is -0.489 e. The fraction of sp³-hybridized carbons (Fsp3) is 0.269. The number of hydrogen-bond donors (Lipinski definition) is 1. The van der Waals surface area contributed by atoms with Crippen molar-refractivity contribution in [1.82, 2.24) is 5.32 Å². The van der Waals surface area contributed by atoms with Crippen molar-refractivity contribution in [3.8, 4) is 5.75 Å². The van der Waals surface area contributed by atoms with Gasteiger partial charge in [-0.1, -0.05) is 44.2 Å². The zero-order chi connectivity index (χ0) is 24.0. The SMILES string of the molecule is CC(C)CC(NC(=O)c1cccc(COc2ccccc2)c1)c1cc(C(F)(F)F)ccc1F. The quantitative estimate of drug-likeness (QED) is 0.371. The first kappa shape index (κ1) is 24.3.